The zero-order valence-electron chi connectivity index (χ0n) is 12.0. The van der Waals surface area contributed by atoms with Crippen LogP contribution in [0.5, 0.6) is 0 Å². The van der Waals surface area contributed by atoms with Crippen LogP contribution in [0.3, 0.4) is 0 Å². The quantitative estimate of drug-likeness (QED) is 0.869. The molecule has 0 atom stereocenters. The maximum atomic E-state index is 12.2. The van der Waals surface area contributed by atoms with Crippen molar-refractivity contribution in [3.63, 3.8) is 0 Å². The number of rotatable bonds is 6. The van der Waals surface area contributed by atoms with Crippen LogP contribution in [0.4, 0.5) is 5.69 Å². The number of anilines is 1. The Bertz CT molecular complexity index is 518. The van der Waals surface area contributed by atoms with Crippen LogP contribution >= 0.6 is 0 Å². The molecule has 1 aromatic carbocycles. The molecular weight excluding hydrogens is 262 g/mol. The van der Waals surface area contributed by atoms with Crippen LogP contribution in [0.2, 0.25) is 0 Å². The van der Waals surface area contributed by atoms with E-state index in [1.807, 2.05) is 6.92 Å². The van der Waals surface area contributed by atoms with Crippen LogP contribution in [0.1, 0.15) is 27.2 Å². The maximum Gasteiger partial charge on any atom is 0.180 e. The van der Waals surface area contributed by atoms with Crippen LogP contribution in [0.15, 0.2) is 29.2 Å². The molecule has 0 saturated heterocycles. The van der Waals surface area contributed by atoms with E-state index in [1.54, 1.807) is 50.1 Å². The second-order valence-electron chi connectivity index (χ2n) is 5.46. The van der Waals surface area contributed by atoms with Crippen LogP contribution in [-0.4, -0.2) is 38.5 Å². The van der Waals surface area contributed by atoms with E-state index in [0.29, 0.717) is 23.5 Å². The minimum Gasteiger partial charge on any atom is -0.389 e. The summed E-state index contributed by atoms with van der Waals surface area (Å²) in [4.78, 5) is 2.12. The second-order valence-corrected chi connectivity index (χ2v) is 7.53. The lowest BCUT2D eigenvalue weighted by atomic mass is 10.1. The van der Waals surface area contributed by atoms with Gasteiger partial charge in [0.25, 0.3) is 0 Å². The molecule has 0 bridgehead atoms. The van der Waals surface area contributed by atoms with E-state index < -0.39 is 15.4 Å². The summed E-state index contributed by atoms with van der Waals surface area (Å²) in [5.74, 6) is 0.139. The minimum absolute atomic E-state index is 0.139. The van der Waals surface area contributed by atoms with Gasteiger partial charge >= 0.3 is 0 Å². The number of benzene rings is 1. The molecule has 0 fully saturated rings. The average Bonchev–Trinajstić information content (AvgIpc) is 2.26. The van der Waals surface area contributed by atoms with Crippen molar-refractivity contribution < 1.29 is 13.5 Å². The van der Waals surface area contributed by atoms with E-state index in [2.05, 4.69) is 0 Å². The van der Waals surface area contributed by atoms with Gasteiger partial charge in [0.05, 0.1) is 21.9 Å². The Labute approximate surface area is 116 Å². The summed E-state index contributed by atoms with van der Waals surface area (Å²) in [6.07, 6.45) is 0.589. The lowest BCUT2D eigenvalue weighted by Crippen LogP contribution is -2.36. The van der Waals surface area contributed by atoms with E-state index >= 15 is 0 Å². The molecule has 1 aromatic rings. The molecule has 0 heterocycles. The van der Waals surface area contributed by atoms with Crippen molar-refractivity contribution in [1.29, 1.82) is 0 Å². The topological polar surface area (TPSA) is 57.6 Å². The summed E-state index contributed by atoms with van der Waals surface area (Å²) in [5, 5.41) is 9.86. The number of sulfone groups is 1. The highest BCUT2D eigenvalue weighted by atomic mass is 32.2. The Morgan fingerprint density at radius 1 is 1.26 bits per heavy atom. The molecular formula is C14H23NO3S. The first kappa shape index (κ1) is 16.0. The summed E-state index contributed by atoms with van der Waals surface area (Å²) in [5.41, 5.74) is -0.241. The van der Waals surface area contributed by atoms with Gasteiger partial charge in [0.1, 0.15) is 0 Å². The Kier molecular flexibility index (Phi) is 4.98. The van der Waals surface area contributed by atoms with Gasteiger partial charge in [-0.15, -0.1) is 0 Å². The van der Waals surface area contributed by atoms with Gasteiger partial charge in [-0.3, -0.25) is 0 Å². The number of para-hydroxylation sites is 1. The first-order valence-electron chi connectivity index (χ1n) is 6.42. The van der Waals surface area contributed by atoms with Crippen molar-refractivity contribution in [2.75, 3.05) is 24.2 Å². The highest BCUT2D eigenvalue weighted by Crippen LogP contribution is 2.26. The van der Waals surface area contributed by atoms with Gasteiger partial charge in [-0.05, 0) is 32.4 Å². The molecule has 0 aromatic heterocycles. The van der Waals surface area contributed by atoms with Gasteiger partial charge < -0.3 is 10.0 Å². The first-order chi connectivity index (χ1) is 8.67. The summed E-state index contributed by atoms with van der Waals surface area (Å²) in [6, 6.07) is 6.93. The van der Waals surface area contributed by atoms with Crippen molar-refractivity contribution in [2.45, 2.75) is 37.7 Å². The Hall–Kier alpha value is -1.07. The predicted molar refractivity (Wildman–Crippen MR) is 78.4 cm³/mol. The normalized spacial score (nSPS) is 12.5. The Morgan fingerprint density at radius 2 is 1.84 bits per heavy atom. The Balaban J connectivity index is 3.16. The highest BCUT2D eigenvalue weighted by Gasteiger charge is 2.22. The van der Waals surface area contributed by atoms with Crippen LogP contribution in [-0.2, 0) is 9.84 Å². The lowest BCUT2D eigenvalue weighted by molar-refractivity contribution is 0.0885. The zero-order valence-corrected chi connectivity index (χ0v) is 12.9. The fraction of sp³-hybridized carbons (Fsp3) is 0.571. The van der Waals surface area contributed by atoms with E-state index in [4.69, 9.17) is 0 Å². The van der Waals surface area contributed by atoms with Crippen molar-refractivity contribution in [2.24, 2.45) is 0 Å². The third-order valence-electron chi connectivity index (χ3n) is 2.71. The third kappa shape index (κ3) is 4.51. The van der Waals surface area contributed by atoms with Gasteiger partial charge in [-0.2, -0.15) is 0 Å². The average molecular weight is 285 g/mol. The van der Waals surface area contributed by atoms with Crippen LogP contribution in [0.25, 0.3) is 0 Å². The molecule has 0 aliphatic carbocycles. The second kappa shape index (κ2) is 5.92. The zero-order chi connectivity index (χ0) is 14.7. The van der Waals surface area contributed by atoms with Crippen LogP contribution in [0, 0.1) is 0 Å². The molecule has 5 heteroatoms. The predicted octanol–water partition coefficient (Wildman–Crippen LogP) is 2.08. The standard InChI is InChI=1S/C14H23NO3S/c1-5-10-19(17,18)13-9-7-6-8-12(13)15(4)11-14(2,3)16/h6-9,16H,5,10-11H2,1-4H3. The third-order valence-corrected chi connectivity index (χ3v) is 4.67. The molecule has 0 amide bonds. The van der Waals surface area contributed by atoms with Gasteiger partial charge in [-0.1, -0.05) is 19.1 Å². The van der Waals surface area contributed by atoms with Crippen molar-refractivity contribution in [1.82, 2.24) is 0 Å². The van der Waals surface area contributed by atoms with E-state index in [1.165, 1.54) is 0 Å². The number of nitrogens with zero attached hydrogens (tertiary/aromatic N) is 1. The van der Waals surface area contributed by atoms with Crippen LogP contribution < -0.4 is 4.90 Å². The van der Waals surface area contributed by atoms with Crippen molar-refractivity contribution >= 4 is 15.5 Å². The Morgan fingerprint density at radius 3 is 2.37 bits per heavy atom. The number of hydrogen-bond donors (Lipinski definition) is 1. The SMILES string of the molecule is CCCS(=O)(=O)c1ccccc1N(C)CC(C)(C)O. The number of aliphatic hydroxyl groups is 1. The number of likely N-dealkylation sites (N-methyl/N-ethyl adjacent to an activating group) is 1. The van der Waals surface area contributed by atoms with Gasteiger partial charge in [-0.25, -0.2) is 8.42 Å². The molecule has 0 aliphatic rings. The van der Waals surface area contributed by atoms with Gasteiger partial charge in [0.15, 0.2) is 9.84 Å². The van der Waals surface area contributed by atoms with Crippen molar-refractivity contribution in [3.8, 4) is 0 Å². The molecule has 1 N–H and O–H groups in total. The summed E-state index contributed by atoms with van der Waals surface area (Å²) in [6.45, 7) is 5.62. The molecule has 0 radical (unpaired) electrons. The lowest BCUT2D eigenvalue weighted by Gasteiger charge is -2.28. The van der Waals surface area contributed by atoms with E-state index in [9.17, 15) is 13.5 Å². The summed E-state index contributed by atoms with van der Waals surface area (Å²) in [7, 11) is -1.47. The number of hydrogen-bond acceptors (Lipinski definition) is 4. The van der Waals surface area contributed by atoms with E-state index in [0.717, 1.165) is 0 Å². The first-order valence-corrected chi connectivity index (χ1v) is 8.08. The fourth-order valence-electron chi connectivity index (χ4n) is 2.08. The highest BCUT2D eigenvalue weighted by molar-refractivity contribution is 7.91. The minimum atomic E-state index is -3.26. The largest absolute Gasteiger partial charge is 0.389 e. The molecule has 4 nitrogen and oxygen atoms in total. The van der Waals surface area contributed by atoms with Gasteiger partial charge in [0, 0.05) is 13.6 Å². The van der Waals surface area contributed by atoms with Crippen molar-refractivity contribution in [3.05, 3.63) is 24.3 Å². The molecule has 19 heavy (non-hydrogen) atoms. The summed E-state index contributed by atoms with van der Waals surface area (Å²) >= 11 is 0. The molecule has 0 saturated carbocycles. The van der Waals surface area contributed by atoms with Gasteiger partial charge in [0.2, 0.25) is 0 Å². The summed E-state index contributed by atoms with van der Waals surface area (Å²) < 4.78 is 24.5. The van der Waals surface area contributed by atoms with E-state index in [-0.39, 0.29) is 5.75 Å². The maximum absolute atomic E-state index is 12.2. The molecule has 1 rings (SSSR count). The molecule has 0 aliphatic heterocycles. The fourth-order valence-corrected chi connectivity index (χ4v) is 3.67. The molecule has 108 valence electrons. The smallest absolute Gasteiger partial charge is 0.180 e. The molecule has 0 unspecified atom stereocenters. The molecule has 0 spiro atoms. The monoisotopic (exact) mass is 285 g/mol.